The third-order valence-corrected chi connectivity index (χ3v) is 12.0. The Morgan fingerprint density at radius 3 is 1.57 bits per heavy atom. The van der Waals surface area contributed by atoms with Gasteiger partial charge in [-0.05, 0) is 108 Å². The van der Waals surface area contributed by atoms with Crippen LogP contribution in [-0.2, 0) is 9.84 Å². The predicted molar refractivity (Wildman–Crippen MR) is 105 cm³/mol. The molecule has 0 unspecified atom stereocenters. The molecule has 0 aliphatic carbocycles. The van der Waals surface area contributed by atoms with E-state index < -0.39 is 9.84 Å². The Bertz CT molecular complexity index is 803. The van der Waals surface area contributed by atoms with Crippen molar-refractivity contribution in [3.8, 4) is 0 Å². The number of hydrogen-bond acceptors (Lipinski definition) is 2. The Kier molecular flexibility index (Phi) is 6.22. The molecule has 0 bridgehead atoms. The molecule has 0 aliphatic heterocycles. The second-order valence-electron chi connectivity index (χ2n) is 3.83. The molecule has 0 fully saturated rings. The van der Waals surface area contributed by atoms with E-state index in [1.807, 2.05) is 0 Å². The fourth-order valence-electron chi connectivity index (χ4n) is 1.59. The molecule has 0 atom stereocenters. The fraction of sp³-hybridized carbons (Fsp3) is 0. The molecule has 21 heavy (non-hydrogen) atoms. The minimum atomic E-state index is -3.71. The highest BCUT2D eigenvalue weighted by Crippen LogP contribution is 2.48. The third-order valence-electron chi connectivity index (χ3n) is 2.56. The molecule has 2 rings (SSSR count). The average Bonchev–Trinajstić information content (AvgIpc) is 2.43. The molecule has 0 N–H and O–H groups in total. The fourth-order valence-corrected chi connectivity index (χ4v) is 8.58. The molecule has 0 spiro atoms. The second-order valence-corrected chi connectivity index (χ2v) is 10.5. The van der Waals surface area contributed by atoms with Crippen LogP contribution in [0.1, 0.15) is 0 Å². The van der Waals surface area contributed by atoms with Crippen LogP contribution < -0.4 is 0 Å². The van der Waals surface area contributed by atoms with Crippen molar-refractivity contribution in [1.29, 1.82) is 0 Å². The van der Waals surface area contributed by atoms with Gasteiger partial charge >= 0.3 is 0 Å². The molecule has 112 valence electrons. The number of halogens is 6. The van der Waals surface area contributed by atoms with Crippen LogP contribution >= 0.6 is 95.6 Å². The maximum Gasteiger partial charge on any atom is 0.210 e. The van der Waals surface area contributed by atoms with E-state index in [-0.39, 0.29) is 9.79 Å². The summed E-state index contributed by atoms with van der Waals surface area (Å²) in [6.45, 7) is 0. The van der Waals surface area contributed by atoms with E-state index in [9.17, 15) is 8.42 Å². The molecule has 0 amide bonds. The summed E-state index contributed by atoms with van der Waals surface area (Å²) >= 11 is 20.1. The smallest absolute Gasteiger partial charge is 0.210 e. The zero-order valence-corrected chi connectivity index (χ0v) is 20.1. The lowest BCUT2D eigenvalue weighted by Gasteiger charge is -2.15. The Labute approximate surface area is 172 Å². The van der Waals surface area contributed by atoms with Gasteiger partial charge < -0.3 is 0 Å². The molecule has 2 aromatic rings. The maximum absolute atomic E-state index is 13.0. The van der Waals surface area contributed by atoms with Crippen molar-refractivity contribution in [2.75, 3.05) is 0 Å². The van der Waals surface area contributed by atoms with E-state index in [1.165, 1.54) is 0 Å². The van der Waals surface area contributed by atoms with Crippen LogP contribution in [0.3, 0.4) is 0 Å². The molecule has 9 heteroatoms. The van der Waals surface area contributed by atoms with E-state index >= 15 is 0 Å². The number of benzene rings is 2. The van der Waals surface area contributed by atoms with Gasteiger partial charge in [-0.25, -0.2) is 8.42 Å². The van der Waals surface area contributed by atoms with Gasteiger partial charge in [0.25, 0.3) is 0 Å². The van der Waals surface area contributed by atoms with Crippen LogP contribution in [0.5, 0.6) is 0 Å². The molecule has 0 radical (unpaired) electrons. The summed E-state index contributed by atoms with van der Waals surface area (Å²) in [5.41, 5.74) is 0. The Morgan fingerprint density at radius 2 is 1.10 bits per heavy atom. The van der Waals surface area contributed by atoms with Crippen molar-refractivity contribution in [1.82, 2.24) is 0 Å². The highest BCUT2D eigenvalue weighted by molar-refractivity contribution is 9.15. The molecule has 2 nitrogen and oxygen atoms in total. The van der Waals surface area contributed by atoms with Gasteiger partial charge in [-0.15, -0.1) is 0 Å². The largest absolute Gasteiger partial charge is 0.218 e. The van der Waals surface area contributed by atoms with Crippen LogP contribution in [-0.4, -0.2) is 8.42 Å². The summed E-state index contributed by atoms with van der Waals surface area (Å²) < 4.78 is 29.3. The Balaban J connectivity index is 2.88. The van der Waals surface area contributed by atoms with E-state index in [2.05, 4.69) is 95.6 Å². The number of hydrogen-bond donors (Lipinski definition) is 0. The molecule has 0 saturated heterocycles. The van der Waals surface area contributed by atoms with Crippen molar-refractivity contribution in [2.24, 2.45) is 0 Å². The van der Waals surface area contributed by atoms with E-state index in [1.54, 1.807) is 24.3 Å². The number of rotatable bonds is 2. The topological polar surface area (TPSA) is 34.1 Å². The average molecular weight is 692 g/mol. The van der Waals surface area contributed by atoms with Crippen molar-refractivity contribution < 1.29 is 8.42 Å². The summed E-state index contributed by atoms with van der Waals surface area (Å²) in [7, 11) is -3.71. The highest BCUT2D eigenvalue weighted by atomic mass is 79.9. The van der Waals surface area contributed by atoms with Gasteiger partial charge in [0, 0.05) is 17.9 Å². The molecule has 0 aliphatic rings. The van der Waals surface area contributed by atoms with Crippen LogP contribution in [0.15, 0.2) is 60.9 Å². The summed E-state index contributed by atoms with van der Waals surface area (Å²) in [5.74, 6) is 0. The minimum Gasteiger partial charge on any atom is -0.218 e. The summed E-state index contributed by atoms with van der Waals surface area (Å²) in [5, 5.41) is 0. The van der Waals surface area contributed by atoms with Crippen LogP contribution in [0.4, 0.5) is 0 Å². The standard InChI is InChI=1S/C12H4Br6O2S/c13-5-3-1-2-4-6(5)21(19,20)12-10(17)8(15)7(14)9(16)11(12)18/h1-4H. The highest BCUT2D eigenvalue weighted by Gasteiger charge is 2.29. The van der Waals surface area contributed by atoms with Crippen LogP contribution in [0.2, 0.25) is 0 Å². The van der Waals surface area contributed by atoms with Gasteiger partial charge in [0.2, 0.25) is 9.84 Å². The van der Waals surface area contributed by atoms with Crippen molar-refractivity contribution in [3.05, 3.63) is 51.1 Å². The Morgan fingerprint density at radius 1 is 0.667 bits per heavy atom. The number of sulfone groups is 1. The lowest BCUT2D eigenvalue weighted by molar-refractivity contribution is 0.594. The zero-order chi connectivity index (χ0) is 15.9. The van der Waals surface area contributed by atoms with E-state index in [0.717, 1.165) is 0 Å². The van der Waals surface area contributed by atoms with Gasteiger partial charge in [-0.3, -0.25) is 0 Å². The molecule has 0 heterocycles. The monoisotopic (exact) mass is 686 g/mol. The second kappa shape index (κ2) is 7.03. The first kappa shape index (κ1) is 18.6. The lowest BCUT2D eigenvalue weighted by atomic mass is 10.4. The van der Waals surface area contributed by atoms with Gasteiger partial charge in [-0.1, -0.05) is 12.1 Å². The van der Waals surface area contributed by atoms with Crippen molar-refractivity contribution in [2.45, 2.75) is 9.79 Å². The molecule has 2 aromatic carbocycles. The SMILES string of the molecule is O=S(=O)(c1ccccc1Br)c1c(Br)c(Br)c(Br)c(Br)c1Br. The van der Waals surface area contributed by atoms with E-state index in [0.29, 0.717) is 26.8 Å². The van der Waals surface area contributed by atoms with Crippen molar-refractivity contribution in [3.63, 3.8) is 0 Å². The normalized spacial score (nSPS) is 11.7. The minimum absolute atomic E-state index is 0.149. The molecular formula is C12H4Br6O2S. The molecule has 0 aromatic heterocycles. The quantitative estimate of drug-likeness (QED) is 0.249. The molecular weight excluding hydrogens is 688 g/mol. The van der Waals surface area contributed by atoms with Gasteiger partial charge in [0.15, 0.2) is 0 Å². The van der Waals surface area contributed by atoms with Crippen molar-refractivity contribution >= 4 is 105 Å². The summed E-state index contributed by atoms with van der Waals surface area (Å²) in [4.78, 5) is 0.351. The van der Waals surface area contributed by atoms with Crippen LogP contribution in [0, 0.1) is 0 Å². The van der Waals surface area contributed by atoms with Crippen LogP contribution in [0.25, 0.3) is 0 Å². The van der Waals surface area contributed by atoms with Gasteiger partial charge in [-0.2, -0.15) is 0 Å². The first-order valence-corrected chi connectivity index (χ1v) is 11.4. The lowest BCUT2D eigenvalue weighted by Crippen LogP contribution is -2.06. The van der Waals surface area contributed by atoms with Gasteiger partial charge in [0.1, 0.15) is 4.90 Å². The summed E-state index contributed by atoms with van der Waals surface area (Å²) in [6.07, 6.45) is 0. The summed E-state index contributed by atoms with van der Waals surface area (Å²) in [6, 6.07) is 6.70. The van der Waals surface area contributed by atoms with Gasteiger partial charge in [0.05, 0.1) is 13.8 Å². The third kappa shape index (κ3) is 3.39. The van der Waals surface area contributed by atoms with E-state index in [4.69, 9.17) is 0 Å². The molecule has 0 saturated carbocycles. The maximum atomic E-state index is 13.0. The first-order chi connectivity index (χ1) is 9.69. The Hall–Kier alpha value is 1.27. The zero-order valence-electron chi connectivity index (χ0n) is 9.80. The first-order valence-electron chi connectivity index (χ1n) is 5.20. The predicted octanol–water partition coefficient (Wildman–Crippen LogP) is 7.09.